The van der Waals surface area contributed by atoms with Gasteiger partial charge < -0.3 is 4.74 Å². The van der Waals surface area contributed by atoms with Gasteiger partial charge in [0.1, 0.15) is 0 Å². The molecular weight excluding hydrogens is 136 g/mol. The Morgan fingerprint density at radius 2 is 1.18 bits per heavy atom. The van der Waals surface area contributed by atoms with Crippen molar-refractivity contribution in [1.29, 1.82) is 0 Å². The highest BCUT2D eigenvalue weighted by Gasteiger charge is 2.02. The Hall–Kier alpha value is -0.300. The van der Waals surface area contributed by atoms with E-state index in [1.807, 2.05) is 0 Å². The molecule has 0 bridgehead atoms. The second-order valence-corrected chi connectivity index (χ2v) is 3.29. The van der Waals surface area contributed by atoms with Gasteiger partial charge in [-0.2, -0.15) is 0 Å². The van der Waals surface area contributed by atoms with Crippen LogP contribution in [0.4, 0.5) is 0 Å². The summed E-state index contributed by atoms with van der Waals surface area (Å²) in [6.07, 6.45) is 0. The Balaban J connectivity index is 0. The van der Waals surface area contributed by atoms with E-state index in [0.29, 0.717) is 11.8 Å². The molecule has 68 valence electrons. The standard InChI is InChI=1S/C8H16.C2H6O/c1-6(2)8(5)7(3)4;1-3-2/h6-7H,5H2,1-4H3;1-2H3. The molecule has 0 aromatic heterocycles. The van der Waals surface area contributed by atoms with Crippen LogP contribution in [-0.2, 0) is 4.74 Å². The number of ether oxygens (including phenoxy) is 1. The first-order valence-corrected chi connectivity index (χ1v) is 4.06. The van der Waals surface area contributed by atoms with Crippen LogP contribution >= 0.6 is 0 Å². The average Bonchev–Trinajstić information content (AvgIpc) is 1.87. The summed E-state index contributed by atoms with van der Waals surface area (Å²) in [6, 6.07) is 0. The lowest BCUT2D eigenvalue weighted by Crippen LogP contribution is -1.99. The maximum absolute atomic E-state index is 4.25. The monoisotopic (exact) mass is 158 g/mol. The first-order valence-electron chi connectivity index (χ1n) is 4.06. The maximum Gasteiger partial charge on any atom is 0.0351 e. The number of rotatable bonds is 2. The lowest BCUT2D eigenvalue weighted by atomic mass is 9.95. The van der Waals surface area contributed by atoms with Crippen LogP contribution in [0, 0.1) is 11.8 Å². The number of allylic oxidation sites excluding steroid dienone is 1. The van der Waals surface area contributed by atoms with Gasteiger partial charge in [-0.05, 0) is 11.8 Å². The first kappa shape index (κ1) is 13.3. The van der Waals surface area contributed by atoms with E-state index in [-0.39, 0.29) is 0 Å². The second-order valence-electron chi connectivity index (χ2n) is 3.29. The summed E-state index contributed by atoms with van der Waals surface area (Å²) in [5.41, 5.74) is 1.35. The molecular formula is C10H22O. The molecule has 0 aromatic rings. The normalized spacial score (nSPS) is 9.45. The lowest BCUT2D eigenvalue weighted by Gasteiger charge is -2.11. The Morgan fingerprint density at radius 3 is 1.18 bits per heavy atom. The van der Waals surface area contributed by atoms with E-state index in [1.165, 1.54) is 5.57 Å². The molecule has 0 heterocycles. The highest BCUT2D eigenvalue weighted by molar-refractivity contribution is 4.99. The van der Waals surface area contributed by atoms with Crippen LogP contribution in [0.1, 0.15) is 27.7 Å². The third-order valence-corrected chi connectivity index (χ3v) is 1.48. The SMILES string of the molecule is C=C(C(C)C)C(C)C.COC. The van der Waals surface area contributed by atoms with Crippen molar-refractivity contribution in [3.8, 4) is 0 Å². The third kappa shape index (κ3) is 9.70. The smallest absolute Gasteiger partial charge is 0.0351 e. The molecule has 0 unspecified atom stereocenters. The summed E-state index contributed by atoms with van der Waals surface area (Å²) in [4.78, 5) is 0. The third-order valence-electron chi connectivity index (χ3n) is 1.48. The quantitative estimate of drug-likeness (QED) is 0.561. The van der Waals surface area contributed by atoms with E-state index >= 15 is 0 Å². The largest absolute Gasteiger partial charge is 0.388 e. The van der Waals surface area contributed by atoms with Crippen LogP contribution in [0.3, 0.4) is 0 Å². The van der Waals surface area contributed by atoms with Crippen molar-refractivity contribution in [1.82, 2.24) is 0 Å². The fourth-order valence-electron chi connectivity index (χ4n) is 0.667. The second kappa shape index (κ2) is 7.80. The molecule has 11 heavy (non-hydrogen) atoms. The van der Waals surface area contributed by atoms with Crippen molar-refractivity contribution in [2.75, 3.05) is 14.2 Å². The fourth-order valence-corrected chi connectivity index (χ4v) is 0.667. The molecule has 0 saturated carbocycles. The van der Waals surface area contributed by atoms with Crippen molar-refractivity contribution >= 4 is 0 Å². The minimum Gasteiger partial charge on any atom is -0.388 e. The van der Waals surface area contributed by atoms with E-state index < -0.39 is 0 Å². The molecule has 0 aromatic carbocycles. The van der Waals surface area contributed by atoms with Gasteiger partial charge in [0, 0.05) is 14.2 Å². The lowest BCUT2D eigenvalue weighted by molar-refractivity contribution is 0.277. The van der Waals surface area contributed by atoms with E-state index in [4.69, 9.17) is 0 Å². The van der Waals surface area contributed by atoms with E-state index in [2.05, 4.69) is 39.0 Å². The highest BCUT2D eigenvalue weighted by Crippen LogP contribution is 2.15. The summed E-state index contributed by atoms with van der Waals surface area (Å²) in [5.74, 6) is 1.30. The number of methoxy groups -OCH3 is 1. The van der Waals surface area contributed by atoms with Crippen LogP contribution in [0.15, 0.2) is 12.2 Å². The topological polar surface area (TPSA) is 9.23 Å². The minimum absolute atomic E-state index is 0.648. The number of hydrogen-bond acceptors (Lipinski definition) is 1. The molecule has 1 heteroatoms. The summed E-state index contributed by atoms with van der Waals surface area (Å²) < 4.78 is 4.25. The van der Waals surface area contributed by atoms with E-state index in [1.54, 1.807) is 14.2 Å². The first-order chi connectivity index (χ1) is 4.97. The van der Waals surface area contributed by atoms with Crippen molar-refractivity contribution < 1.29 is 4.74 Å². The molecule has 0 amide bonds. The summed E-state index contributed by atoms with van der Waals surface area (Å²) in [5, 5.41) is 0. The number of hydrogen-bond donors (Lipinski definition) is 0. The van der Waals surface area contributed by atoms with Crippen LogP contribution in [-0.4, -0.2) is 14.2 Å². The Kier molecular flexibility index (Phi) is 9.44. The van der Waals surface area contributed by atoms with Gasteiger partial charge in [0.05, 0.1) is 0 Å². The van der Waals surface area contributed by atoms with Crippen LogP contribution in [0.5, 0.6) is 0 Å². The Labute approximate surface area is 71.5 Å². The van der Waals surface area contributed by atoms with Crippen molar-refractivity contribution in [3.05, 3.63) is 12.2 Å². The van der Waals surface area contributed by atoms with E-state index in [0.717, 1.165) is 0 Å². The zero-order valence-corrected chi connectivity index (χ0v) is 8.77. The molecule has 0 aliphatic carbocycles. The molecule has 0 spiro atoms. The zero-order valence-electron chi connectivity index (χ0n) is 8.77. The highest BCUT2D eigenvalue weighted by atomic mass is 16.4. The summed E-state index contributed by atoms with van der Waals surface area (Å²) in [6.45, 7) is 12.7. The Morgan fingerprint density at radius 1 is 1.00 bits per heavy atom. The van der Waals surface area contributed by atoms with Gasteiger partial charge in [-0.3, -0.25) is 0 Å². The average molecular weight is 158 g/mol. The molecule has 0 saturated heterocycles. The molecule has 0 atom stereocenters. The van der Waals surface area contributed by atoms with Gasteiger partial charge >= 0.3 is 0 Å². The molecule has 0 N–H and O–H groups in total. The molecule has 0 fully saturated rings. The van der Waals surface area contributed by atoms with Gasteiger partial charge in [0.2, 0.25) is 0 Å². The molecule has 0 aliphatic rings. The van der Waals surface area contributed by atoms with Crippen LogP contribution < -0.4 is 0 Å². The van der Waals surface area contributed by atoms with E-state index in [9.17, 15) is 0 Å². The molecule has 0 aliphatic heterocycles. The van der Waals surface area contributed by atoms with Gasteiger partial charge in [-0.25, -0.2) is 0 Å². The van der Waals surface area contributed by atoms with Crippen LogP contribution in [0.2, 0.25) is 0 Å². The van der Waals surface area contributed by atoms with Gasteiger partial charge in [0.25, 0.3) is 0 Å². The summed E-state index contributed by atoms with van der Waals surface area (Å²) >= 11 is 0. The molecule has 0 radical (unpaired) electrons. The predicted octanol–water partition coefficient (Wildman–Crippen LogP) is 3.12. The fraction of sp³-hybridized carbons (Fsp3) is 0.800. The predicted molar refractivity (Wildman–Crippen MR) is 51.7 cm³/mol. The van der Waals surface area contributed by atoms with Crippen molar-refractivity contribution in [2.24, 2.45) is 11.8 Å². The molecule has 0 rings (SSSR count). The van der Waals surface area contributed by atoms with Crippen molar-refractivity contribution in [3.63, 3.8) is 0 Å². The van der Waals surface area contributed by atoms with Crippen LogP contribution in [0.25, 0.3) is 0 Å². The van der Waals surface area contributed by atoms with Gasteiger partial charge in [-0.1, -0.05) is 39.8 Å². The van der Waals surface area contributed by atoms with Gasteiger partial charge in [0.15, 0.2) is 0 Å². The zero-order chi connectivity index (χ0) is 9.44. The van der Waals surface area contributed by atoms with Gasteiger partial charge in [-0.15, -0.1) is 0 Å². The Bertz CT molecular complexity index is 83.0. The maximum atomic E-state index is 4.25. The summed E-state index contributed by atoms with van der Waals surface area (Å²) in [7, 11) is 3.25. The molecule has 1 nitrogen and oxygen atoms in total. The van der Waals surface area contributed by atoms with Crippen molar-refractivity contribution in [2.45, 2.75) is 27.7 Å². The minimum atomic E-state index is 0.648.